The van der Waals surface area contributed by atoms with Gasteiger partial charge in [-0.2, -0.15) is 13.2 Å². The molecule has 0 aliphatic rings. The van der Waals surface area contributed by atoms with Crippen LogP contribution < -0.4 is 10.6 Å². The molecule has 12 heteroatoms. The standard InChI is InChI=1S/C18H18F3N3O5S/c1-11-3-5-13(30(2,28)29)10-15(11)23-17(25)7-8-22-14-6-4-12(18(19,20)21)9-16(14)24(26)27/h3-6,9-10,22H,7-8H2,1-2H3,(H,23,25). The zero-order valence-corrected chi connectivity index (χ0v) is 16.7. The molecule has 0 bridgehead atoms. The number of nitrogens with one attached hydrogen (secondary N) is 2. The molecule has 0 saturated carbocycles. The molecule has 2 aromatic rings. The lowest BCUT2D eigenvalue weighted by atomic mass is 10.1. The Kier molecular flexibility index (Phi) is 6.70. The lowest BCUT2D eigenvalue weighted by molar-refractivity contribution is -0.384. The van der Waals surface area contributed by atoms with Crippen LogP contribution in [0.2, 0.25) is 0 Å². The van der Waals surface area contributed by atoms with Crippen molar-refractivity contribution in [1.29, 1.82) is 0 Å². The molecule has 2 N–H and O–H groups in total. The van der Waals surface area contributed by atoms with Crippen molar-refractivity contribution in [2.75, 3.05) is 23.4 Å². The molecule has 1 amide bonds. The zero-order valence-electron chi connectivity index (χ0n) is 15.9. The fourth-order valence-electron chi connectivity index (χ4n) is 2.50. The molecule has 0 radical (unpaired) electrons. The van der Waals surface area contributed by atoms with Gasteiger partial charge in [0.2, 0.25) is 5.91 Å². The minimum absolute atomic E-state index is 0.0295. The summed E-state index contributed by atoms with van der Waals surface area (Å²) in [5, 5.41) is 16.2. The first-order valence-electron chi connectivity index (χ1n) is 8.49. The van der Waals surface area contributed by atoms with E-state index in [9.17, 15) is 36.5 Å². The molecule has 2 rings (SSSR count). The van der Waals surface area contributed by atoms with Crippen molar-refractivity contribution < 1.29 is 31.3 Å². The highest BCUT2D eigenvalue weighted by atomic mass is 32.2. The number of rotatable bonds is 7. The molecule has 0 spiro atoms. The van der Waals surface area contributed by atoms with Crippen LogP contribution in [0.25, 0.3) is 0 Å². The van der Waals surface area contributed by atoms with E-state index in [4.69, 9.17) is 0 Å². The van der Waals surface area contributed by atoms with Crippen molar-refractivity contribution in [2.24, 2.45) is 0 Å². The van der Waals surface area contributed by atoms with Crippen molar-refractivity contribution in [3.8, 4) is 0 Å². The maximum absolute atomic E-state index is 12.7. The summed E-state index contributed by atoms with van der Waals surface area (Å²) in [7, 11) is -3.47. The predicted molar refractivity (Wildman–Crippen MR) is 104 cm³/mol. The summed E-state index contributed by atoms with van der Waals surface area (Å²) in [4.78, 5) is 22.3. The summed E-state index contributed by atoms with van der Waals surface area (Å²) in [5.41, 5.74) is -1.15. The van der Waals surface area contributed by atoms with E-state index in [1.165, 1.54) is 18.2 Å². The highest BCUT2D eigenvalue weighted by molar-refractivity contribution is 7.90. The van der Waals surface area contributed by atoms with E-state index in [0.29, 0.717) is 23.4 Å². The van der Waals surface area contributed by atoms with Gasteiger partial charge in [-0.3, -0.25) is 14.9 Å². The Balaban J connectivity index is 2.06. The SMILES string of the molecule is Cc1ccc(S(C)(=O)=O)cc1NC(=O)CCNc1ccc(C(F)(F)F)cc1[N+](=O)[O-]. The van der Waals surface area contributed by atoms with E-state index in [0.717, 1.165) is 12.3 Å². The minimum atomic E-state index is -4.72. The maximum atomic E-state index is 12.7. The molecule has 2 aromatic carbocycles. The smallest absolute Gasteiger partial charge is 0.379 e. The van der Waals surface area contributed by atoms with Crippen LogP contribution in [0, 0.1) is 17.0 Å². The molecule has 0 unspecified atom stereocenters. The Morgan fingerprint density at radius 1 is 1.13 bits per heavy atom. The van der Waals surface area contributed by atoms with Crippen molar-refractivity contribution >= 4 is 32.8 Å². The number of carbonyl (C=O) groups is 1. The normalized spacial score (nSPS) is 11.8. The molecule has 0 saturated heterocycles. The van der Waals surface area contributed by atoms with Crippen LogP contribution in [0.3, 0.4) is 0 Å². The number of alkyl halides is 3. The number of nitro benzene ring substituents is 1. The molecule has 0 fully saturated rings. The van der Waals surface area contributed by atoms with Gasteiger partial charge in [0.1, 0.15) is 5.69 Å². The Morgan fingerprint density at radius 3 is 2.37 bits per heavy atom. The number of sulfone groups is 1. The van der Waals surface area contributed by atoms with Gasteiger partial charge in [-0.05, 0) is 36.8 Å². The van der Waals surface area contributed by atoms with Crippen molar-refractivity contribution in [1.82, 2.24) is 0 Å². The third-order valence-electron chi connectivity index (χ3n) is 4.10. The largest absolute Gasteiger partial charge is 0.416 e. The third-order valence-corrected chi connectivity index (χ3v) is 5.21. The highest BCUT2D eigenvalue weighted by Crippen LogP contribution is 2.34. The summed E-state index contributed by atoms with van der Waals surface area (Å²) in [6.07, 6.45) is -3.85. The van der Waals surface area contributed by atoms with Gasteiger partial charge in [-0.25, -0.2) is 8.42 Å². The number of carbonyl (C=O) groups excluding carboxylic acids is 1. The summed E-state index contributed by atoms with van der Waals surface area (Å²) in [6.45, 7) is 1.58. The topological polar surface area (TPSA) is 118 Å². The van der Waals surface area contributed by atoms with Gasteiger partial charge in [0.15, 0.2) is 9.84 Å². The molecule has 0 aliphatic carbocycles. The Hall–Kier alpha value is -3.15. The third kappa shape index (κ3) is 5.92. The zero-order chi connectivity index (χ0) is 22.7. The van der Waals surface area contributed by atoms with Crippen LogP contribution in [-0.4, -0.2) is 32.0 Å². The van der Waals surface area contributed by atoms with Gasteiger partial charge < -0.3 is 10.6 Å². The quantitative estimate of drug-likeness (QED) is 0.495. The second kappa shape index (κ2) is 8.69. The van der Waals surface area contributed by atoms with Crippen LogP contribution in [0.4, 0.5) is 30.2 Å². The Bertz CT molecular complexity index is 1080. The predicted octanol–water partition coefficient (Wildman–Crippen LogP) is 3.77. The second-order valence-corrected chi connectivity index (χ2v) is 8.48. The molecule has 0 aliphatic heterocycles. The lowest BCUT2D eigenvalue weighted by Crippen LogP contribution is -2.17. The molecule has 0 aromatic heterocycles. The molecular weight excluding hydrogens is 427 g/mol. The Labute approximate surface area is 170 Å². The number of hydrogen-bond donors (Lipinski definition) is 2. The number of nitrogens with zero attached hydrogens (tertiary/aromatic N) is 1. The van der Waals surface area contributed by atoms with Crippen molar-refractivity contribution in [2.45, 2.75) is 24.4 Å². The number of anilines is 2. The number of aryl methyl sites for hydroxylation is 1. The van der Waals surface area contributed by atoms with E-state index >= 15 is 0 Å². The average molecular weight is 445 g/mol. The van der Waals surface area contributed by atoms with Gasteiger partial charge in [0.25, 0.3) is 5.69 Å². The second-order valence-electron chi connectivity index (χ2n) is 6.46. The van der Waals surface area contributed by atoms with E-state index in [-0.39, 0.29) is 23.5 Å². The minimum Gasteiger partial charge on any atom is -0.379 e. The van der Waals surface area contributed by atoms with Gasteiger partial charge in [0.05, 0.1) is 15.4 Å². The van der Waals surface area contributed by atoms with Gasteiger partial charge in [-0.15, -0.1) is 0 Å². The molecule has 30 heavy (non-hydrogen) atoms. The molecule has 162 valence electrons. The number of halogens is 3. The Morgan fingerprint density at radius 2 is 1.80 bits per heavy atom. The van der Waals surface area contributed by atoms with E-state index in [2.05, 4.69) is 10.6 Å². The van der Waals surface area contributed by atoms with Crippen LogP contribution in [0.5, 0.6) is 0 Å². The summed E-state index contributed by atoms with van der Waals surface area (Å²) < 4.78 is 61.5. The molecule has 0 heterocycles. The molecular formula is C18H18F3N3O5S. The number of benzene rings is 2. The first-order valence-corrected chi connectivity index (χ1v) is 10.4. The van der Waals surface area contributed by atoms with Crippen LogP contribution in [-0.2, 0) is 20.8 Å². The summed E-state index contributed by atoms with van der Waals surface area (Å²) >= 11 is 0. The first kappa shape index (κ1) is 23.1. The number of nitro groups is 1. The summed E-state index contributed by atoms with van der Waals surface area (Å²) in [5.74, 6) is -0.509. The number of hydrogen-bond acceptors (Lipinski definition) is 6. The highest BCUT2D eigenvalue weighted by Gasteiger charge is 2.33. The van der Waals surface area contributed by atoms with Gasteiger partial charge in [0, 0.05) is 31.0 Å². The fourth-order valence-corrected chi connectivity index (χ4v) is 3.15. The maximum Gasteiger partial charge on any atom is 0.416 e. The monoisotopic (exact) mass is 445 g/mol. The van der Waals surface area contributed by atoms with Crippen molar-refractivity contribution in [3.63, 3.8) is 0 Å². The van der Waals surface area contributed by atoms with E-state index in [1.807, 2.05) is 0 Å². The van der Waals surface area contributed by atoms with Crippen LogP contribution >= 0.6 is 0 Å². The first-order chi connectivity index (χ1) is 13.8. The fraction of sp³-hybridized carbons (Fsp3) is 0.278. The van der Waals surface area contributed by atoms with E-state index in [1.54, 1.807) is 6.92 Å². The molecule has 0 atom stereocenters. The summed E-state index contributed by atoms with van der Waals surface area (Å²) in [6, 6.07) is 6.31. The van der Waals surface area contributed by atoms with Crippen LogP contribution in [0.1, 0.15) is 17.5 Å². The molecule has 8 nitrogen and oxygen atoms in total. The van der Waals surface area contributed by atoms with Gasteiger partial charge in [-0.1, -0.05) is 6.07 Å². The van der Waals surface area contributed by atoms with Gasteiger partial charge >= 0.3 is 6.18 Å². The van der Waals surface area contributed by atoms with Crippen molar-refractivity contribution in [3.05, 3.63) is 57.6 Å². The van der Waals surface area contributed by atoms with E-state index < -0.39 is 38.1 Å². The van der Waals surface area contributed by atoms with Crippen LogP contribution in [0.15, 0.2) is 41.3 Å². The average Bonchev–Trinajstić information content (AvgIpc) is 2.61. The lowest BCUT2D eigenvalue weighted by Gasteiger charge is -2.12. The number of amides is 1.